The van der Waals surface area contributed by atoms with Crippen molar-refractivity contribution in [2.75, 3.05) is 0 Å². The van der Waals surface area contributed by atoms with Crippen LogP contribution in [0.2, 0.25) is 0 Å². The maximum atomic E-state index is 10.1. The van der Waals surface area contributed by atoms with Gasteiger partial charge in [-0.2, -0.15) is 0 Å². The summed E-state index contributed by atoms with van der Waals surface area (Å²) in [6.07, 6.45) is 0. The zero-order valence-electron chi connectivity index (χ0n) is 10.7. The molecule has 3 nitrogen and oxygen atoms in total. The van der Waals surface area contributed by atoms with Crippen LogP contribution in [0.3, 0.4) is 0 Å². The third kappa shape index (κ3) is 1.88. The first-order valence-corrected chi connectivity index (χ1v) is 5.74. The zero-order chi connectivity index (χ0) is 13.4. The molecule has 2 rings (SSSR count). The summed E-state index contributed by atoms with van der Waals surface area (Å²) in [5.41, 5.74) is 3.68. The van der Waals surface area contributed by atoms with Crippen LogP contribution in [-0.2, 0) is 0 Å². The molecule has 0 saturated heterocycles. The highest BCUT2D eigenvalue weighted by Gasteiger charge is 2.16. The molecule has 2 aromatic carbocycles. The molecule has 0 fully saturated rings. The van der Waals surface area contributed by atoms with Crippen molar-refractivity contribution < 1.29 is 15.3 Å². The number of phenolic OH excluding ortho intramolecular Hbond substituents is 3. The lowest BCUT2D eigenvalue weighted by atomic mass is 9.97. The van der Waals surface area contributed by atoms with Gasteiger partial charge < -0.3 is 15.3 Å². The summed E-state index contributed by atoms with van der Waals surface area (Å²) in [6, 6.07) is 6.93. The molecular weight excluding hydrogens is 228 g/mol. The predicted octanol–water partition coefficient (Wildman–Crippen LogP) is 3.40. The van der Waals surface area contributed by atoms with Crippen LogP contribution in [-0.4, -0.2) is 15.3 Å². The average Bonchev–Trinajstić information content (AvgIpc) is 2.31. The standard InChI is InChI=1S/C15H16O3/c1-8-4-5-11(6-9(8)2)14-13(17)7-12(16)10(3)15(14)18/h4-7,16-18H,1-3H3. The summed E-state index contributed by atoms with van der Waals surface area (Å²) in [5.74, 6) is -0.327. The summed E-state index contributed by atoms with van der Waals surface area (Å²) in [7, 11) is 0. The second-order valence-corrected chi connectivity index (χ2v) is 4.56. The van der Waals surface area contributed by atoms with Crippen LogP contribution in [0.5, 0.6) is 17.2 Å². The lowest BCUT2D eigenvalue weighted by Gasteiger charge is -2.12. The lowest BCUT2D eigenvalue weighted by Crippen LogP contribution is -1.87. The minimum Gasteiger partial charge on any atom is -0.507 e. The Bertz CT molecular complexity index is 616. The Balaban J connectivity index is 2.71. The van der Waals surface area contributed by atoms with Crippen molar-refractivity contribution in [3.05, 3.63) is 41.0 Å². The number of aromatic hydroxyl groups is 3. The maximum Gasteiger partial charge on any atom is 0.133 e. The van der Waals surface area contributed by atoms with E-state index in [4.69, 9.17) is 0 Å². The van der Waals surface area contributed by atoms with E-state index in [0.29, 0.717) is 11.1 Å². The quantitative estimate of drug-likeness (QED) is 0.720. The largest absolute Gasteiger partial charge is 0.507 e. The highest BCUT2D eigenvalue weighted by molar-refractivity contribution is 5.79. The molecule has 0 spiro atoms. The minimum absolute atomic E-state index is 0.0873. The molecule has 18 heavy (non-hydrogen) atoms. The van der Waals surface area contributed by atoms with Gasteiger partial charge in [0.25, 0.3) is 0 Å². The van der Waals surface area contributed by atoms with Crippen LogP contribution in [0, 0.1) is 20.8 Å². The summed E-state index contributed by atoms with van der Waals surface area (Å²) in [5, 5.41) is 29.5. The second-order valence-electron chi connectivity index (χ2n) is 4.56. The average molecular weight is 244 g/mol. The fraction of sp³-hybridized carbons (Fsp3) is 0.200. The van der Waals surface area contributed by atoms with Crippen molar-refractivity contribution in [3.8, 4) is 28.4 Å². The van der Waals surface area contributed by atoms with E-state index in [1.165, 1.54) is 6.07 Å². The van der Waals surface area contributed by atoms with Crippen molar-refractivity contribution in [2.45, 2.75) is 20.8 Å². The molecular formula is C15H16O3. The second kappa shape index (κ2) is 4.26. The molecule has 94 valence electrons. The lowest BCUT2D eigenvalue weighted by molar-refractivity contribution is 0.425. The van der Waals surface area contributed by atoms with E-state index in [0.717, 1.165) is 16.7 Å². The Morgan fingerprint density at radius 2 is 1.44 bits per heavy atom. The number of aryl methyl sites for hydroxylation is 2. The monoisotopic (exact) mass is 244 g/mol. The van der Waals surface area contributed by atoms with Gasteiger partial charge >= 0.3 is 0 Å². The Labute approximate surface area is 106 Å². The van der Waals surface area contributed by atoms with Crippen molar-refractivity contribution >= 4 is 0 Å². The zero-order valence-corrected chi connectivity index (χ0v) is 10.7. The van der Waals surface area contributed by atoms with Gasteiger partial charge in [0.05, 0.1) is 5.56 Å². The molecule has 0 radical (unpaired) electrons. The van der Waals surface area contributed by atoms with Gasteiger partial charge in [0.1, 0.15) is 17.2 Å². The van der Waals surface area contributed by atoms with E-state index in [1.54, 1.807) is 6.92 Å². The first-order valence-electron chi connectivity index (χ1n) is 5.74. The van der Waals surface area contributed by atoms with Crippen LogP contribution >= 0.6 is 0 Å². The Kier molecular flexibility index (Phi) is 2.91. The number of hydrogen-bond donors (Lipinski definition) is 3. The molecule has 3 N–H and O–H groups in total. The van der Waals surface area contributed by atoms with Crippen LogP contribution in [0.4, 0.5) is 0 Å². The maximum absolute atomic E-state index is 10.1. The van der Waals surface area contributed by atoms with Crippen LogP contribution in [0.1, 0.15) is 16.7 Å². The van der Waals surface area contributed by atoms with E-state index in [2.05, 4.69) is 0 Å². The minimum atomic E-state index is -0.126. The number of phenols is 3. The molecule has 0 amide bonds. The van der Waals surface area contributed by atoms with Gasteiger partial charge in [0.15, 0.2) is 0 Å². The number of benzene rings is 2. The molecule has 0 aromatic heterocycles. The Hall–Kier alpha value is -2.16. The highest BCUT2D eigenvalue weighted by atomic mass is 16.3. The van der Waals surface area contributed by atoms with E-state index in [1.807, 2.05) is 32.0 Å². The van der Waals surface area contributed by atoms with E-state index < -0.39 is 0 Å². The van der Waals surface area contributed by atoms with Gasteiger partial charge in [0.2, 0.25) is 0 Å². The Morgan fingerprint density at radius 3 is 2.06 bits per heavy atom. The summed E-state index contributed by atoms with van der Waals surface area (Å²) in [6.45, 7) is 5.58. The van der Waals surface area contributed by atoms with E-state index in [9.17, 15) is 15.3 Å². The first-order chi connectivity index (χ1) is 8.41. The predicted molar refractivity (Wildman–Crippen MR) is 71.1 cm³/mol. The van der Waals surface area contributed by atoms with Gasteiger partial charge in [-0.25, -0.2) is 0 Å². The Morgan fingerprint density at radius 1 is 0.778 bits per heavy atom. The van der Waals surface area contributed by atoms with Crippen molar-refractivity contribution in [3.63, 3.8) is 0 Å². The molecule has 2 aromatic rings. The summed E-state index contributed by atoms with van der Waals surface area (Å²) < 4.78 is 0. The van der Waals surface area contributed by atoms with Crippen LogP contribution in [0.15, 0.2) is 24.3 Å². The normalized spacial score (nSPS) is 10.6. The fourth-order valence-electron chi connectivity index (χ4n) is 1.92. The third-order valence-corrected chi connectivity index (χ3v) is 3.30. The molecule has 0 saturated carbocycles. The topological polar surface area (TPSA) is 60.7 Å². The molecule has 3 heteroatoms. The van der Waals surface area contributed by atoms with Crippen molar-refractivity contribution in [1.29, 1.82) is 0 Å². The molecule has 0 bridgehead atoms. The number of rotatable bonds is 1. The van der Waals surface area contributed by atoms with E-state index >= 15 is 0 Å². The third-order valence-electron chi connectivity index (χ3n) is 3.30. The van der Waals surface area contributed by atoms with E-state index in [-0.39, 0.29) is 17.2 Å². The fourth-order valence-corrected chi connectivity index (χ4v) is 1.92. The van der Waals surface area contributed by atoms with Crippen LogP contribution < -0.4 is 0 Å². The van der Waals surface area contributed by atoms with Crippen molar-refractivity contribution in [1.82, 2.24) is 0 Å². The van der Waals surface area contributed by atoms with Crippen LogP contribution in [0.25, 0.3) is 11.1 Å². The van der Waals surface area contributed by atoms with Gasteiger partial charge in [-0.3, -0.25) is 0 Å². The summed E-state index contributed by atoms with van der Waals surface area (Å²) in [4.78, 5) is 0. The smallest absolute Gasteiger partial charge is 0.133 e. The molecule has 0 heterocycles. The van der Waals surface area contributed by atoms with Crippen molar-refractivity contribution in [2.24, 2.45) is 0 Å². The SMILES string of the molecule is Cc1ccc(-c2c(O)cc(O)c(C)c2O)cc1C. The molecule has 0 aliphatic carbocycles. The summed E-state index contributed by atoms with van der Waals surface area (Å²) >= 11 is 0. The molecule has 0 aliphatic heterocycles. The van der Waals surface area contributed by atoms with Gasteiger partial charge in [-0.1, -0.05) is 18.2 Å². The number of hydrogen-bond acceptors (Lipinski definition) is 3. The molecule has 0 aliphatic rings. The van der Waals surface area contributed by atoms with Gasteiger partial charge in [-0.15, -0.1) is 0 Å². The first kappa shape index (κ1) is 12.3. The van der Waals surface area contributed by atoms with Gasteiger partial charge in [-0.05, 0) is 37.5 Å². The highest BCUT2D eigenvalue weighted by Crippen LogP contribution is 2.43. The molecule has 0 atom stereocenters. The van der Waals surface area contributed by atoms with Gasteiger partial charge in [0, 0.05) is 11.6 Å². The molecule has 0 unspecified atom stereocenters.